The lowest BCUT2D eigenvalue weighted by Gasteiger charge is -2.21. The van der Waals surface area contributed by atoms with E-state index in [1.165, 1.54) is 180 Å². The van der Waals surface area contributed by atoms with Crippen LogP contribution in [0.1, 0.15) is 363 Å². The van der Waals surface area contributed by atoms with Crippen molar-refractivity contribution in [3.8, 4) is 0 Å². The summed E-state index contributed by atoms with van der Waals surface area (Å²) in [4.78, 5) is 72.5. The van der Waals surface area contributed by atoms with Crippen LogP contribution >= 0.6 is 15.6 Å². The van der Waals surface area contributed by atoms with Gasteiger partial charge in [0, 0.05) is 25.7 Å². The molecule has 0 rings (SSSR count). The summed E-state index contributed by atoms with van der Waals surface area (Å²) in [7, 11) is -9.90. The van der Waals surface area contributed by atoms with E-state index in [0.29, 0.717) is 25.7 Å². The highest BCUT2D eigenvalue weighted by Crippen LogP contribution is 2.45. The maximum absolute atomic E-state index is 13.0. The Bertz CT molecular complexity index is 1760. The minimum Gasteiger partial charge on any atom is -0.462 e. The smallest absolute Gasteiger partial charge is 0.462 e. The molecule has 4 unspecified atom stereocenters. The molecule has 0 fully saturated rings. The van der Waals surface area contributed by atoms with Gasteiger partial charge in [0.15, 0.2) is 12.2 Å². The van der Waals surface area contributed by atoms with Crippen LogP contribution in [0.4, 0.5) is 0 Å². The lowest BCUT2D eigenvalue weighted by atomic mass is 9.99. The number of phosphoric acid groups is 2. The van der Waals surface area contributed by atoms with Gasteiger partial charge in [-0.25, -0.2) is 9.13 Å². The number of phosphoric ester groups is 2. The van der Waals surface area contributed by atoms with Crippen molar-refractivity contribution in [1.29, 1.82) is 0 Å². The Morgan fingerprint density at radius 1 is 0.311 bits per heavy atom. The summed E-state index contributed by atoms with van der Waals surface area (Å²) in [6.07, 6.45) is 48.4. The first-order valence-electron chi connectivity index (χ1n) is 37.1. The van der Waals surface area contributed by atoms with Crippen LogP contribution in [0.2, 0.25) is 0 Å². The van der Waals surface area contributed by atoms with Gasteiger partial charge >= 0.3 is 39.5 Å². The van der Waals surface area contributed by atoms with E-state index >= 15 is 0 Å². The van der Waals surface area contributed by atoms with E-state index < -0.39 is 97.5 Å². The second-order valence-electron chi connectivity index (χ2n) is 26.1. The molecule has 0 bridgehead atoms. The van der Waals surface area contributed by atoms with Gasteiger partial charge < -0.3 is 33.8 Å². The van der Waals surface area contributed by atoms with Crippen LogP contribution in [-0.4, -0.2) is 96.7 Å². The largest absolute Gasteiger partial charge is 0.472 e. The van der Waals surface area contributed by atoms with E-state index in [0.717, 1.165) is 102 Å². The summed E-state index contributed by atoms with van der Waals surface area (Å²) in [5.41, 5.74) is 0. The molecule has 0 saturated carbocycles. The molecule has 0 aromatic carbocycles. The molecular formula is C71H138O17P2. The molecule has 0 aliphatic carbocycles. The molecule has 17 nitrogen and oxygen atoms in total. The summed E-state index contributed by atoms with van der Waals surface area (Å²) in [5, 5.41) is 10.6. The fourth-order valence-corrected chi connectivity index (χ4v) is 12.3. The van der Waals surface area contributed by atoms with Crippen molar-refractivity contribution < 1.29 is 80.2 Å². The number of hydrogen-bond acceptors (Lipinski definition) is 15. The predicted molar refractivity (Wildman–Crippen MR) is 363 cm³/mol. The Morgan fingerprint density at radius 2 is 0.533 bits per heavy atom. The first-order chi connectivity index (χ1) is 43.4. The van der Waals surface area contributed by atoms with Crippen molar-refractivity contribution in [2.75, 3.05) is 39.6 Å². The molecule has 534 valence electrons. The zero-order chi connectivity index (χ0) is 66.5. The third-order valence-electron chi connectivity index (χ3n) is 17.2. The van der Waals surface area contributed by atoms with Crippen LogP contribution in [-0.2, 0) is 65.4 Å². The molecule has 0 radical (unpaired) electrons. The van der Waals surface area contributed by atoms with Crippen LogP contribution in [0, 0.1) is 11.8 Å². The van der Waals surface area contributed by atoms with Gasteiger partial charge in [0.25, 0.3) is 0 Å². The van der Waals surface area contributed by atoms with Crippen molar-refractivity contribution in [1.82, 2.24) is 0 Å². The van der Waals surface area contributed by atoms with Crippen molar-refractivity contribution in [2.45, 2.75) is 381 Å². The number of esters is 4. The Morgan fingerprint density at radius 3 is 0.789 bits per heavy atom. The predicted octanol–water partition coefficient (Wildman–Crippen LogP) is 20.4. The average Bonchev–Trinajstić information content (AvgIpc) is 3.72. The highest BCUT2D eigenvalue weighted by atomic mass is 31.2. The molecule has 0 heterocycles. The fourth-order valence-electron chi connectivity index (χ4n) is 10.7. The first kappa shape index (κ1) is 88.1. The SMILES string of the molecule is CCCCCCCCCCCCC(=O)OC[C@H](COP(=O)(O)OC[C@H](O)COP(=O)(O)OC[C@@H](COC(=O)CCCCCCCCCCC(C)CC)OC(=O)CCCCCCCCCCCCCCCCC(C)CC)OC(=O)CCCCCCCCCCCC. The zero-order valence-electron chi connectivity index (χ0n) is 58.4. The molecule has 0 aromatic heterocycles. The molecule has 0 aromatic rings. The number of ether oxygens (including phenoxy) is 4. The van der Waals surface area contributed by atoms with E-state index in [1.54, 1.807) is 0 Å². The Labute approximate surface area is 549 Å². The van der Waals surface area contributed by atoms with Gasteiger partial charge in [-0.3, -0.25) is 37.3 Å². The van der Waals surface area contributed by atoms with E-state index in [9.17, 15) is 43.2 Å². The number of carbonyl (C=O) groups is 4. The van der Waals surface area contributed by atoms with Gasteiger partial charge in [-0.1, -0.05) is 311 Å². The van der Waals surface area contributed by atoms with Gasteiger partial charge in [0.2, 0.25) is 0 Å². The van der Waals surface area contributed by atoms with Gasteiger partial charge in [-0.15, -0.1) is 0 Å². The molecule has 0 aliphatic rings. The summed E-state index contributed by atoms with van der Waals surface area (Å²) in [6.45, 7) is 9.60. The molecule has 3 N–H and O–H groups in total. The van der Waals surface area contributed by atoms with Crippen LogP contribution in [0.3, 0.4) is 0 Å². The number of rotatable bonds is 70. The summed E-state index contributed by atoms with van der Waals surface area (Å²) in [6, 6.07) is 0. The third-order valence-corrected chi connectivity index (χ3v) is 19.1. The quantitative estimate of drug-likeness (QED) is 0.0222. The van der Waals surface area contributed by atoms with Gasteiger partial charge in [-0.2, -0.15) is 0 Å². The van der Waals surface area contributed by atoms with Crippen molar-refractivity contribution in [3.05, 3.63) is 0 Å². The summed E-state index contributed by atoms with van der Waals surface area (Å²) in [5.74, 6) is -0.500. The molecule has 0 saturated heterocycles. The van der Waals surface area contributed by atoms with Crippen molar-refractivity contribution >= 4 is 39.5 Å². The molecular weight excluding hydrogens is 1190 g/mol. The molecule has 90 heavy (non-hydrogen) atoms. The lowest BCUT2D eigenvalue weighted by molar-refractivity contribution is -0.161. The lowest BCUT2D eigenvalue weighted by Crippen LogP contribution is -2.30. The molecule has 0 amide bonds. The molecule has 7 atom stereocenters. The Balaban J connectivity index is 5.22. The number of aliphatic hydroxyl groups excluding tert-OH is 1. The van der Waals surface area contributed by atoms with Crippen molar-refractivity contribution in [2.24, 2.45) is 11.8 Å². The summed E-state index contributed by atoms with van der Waals surface area (Å²) < 4.78 is 68.3. The maximum atomic E-state index is 13.0. The van der Waals surface area contributed by atoms with Crippen LogP contribution in [0.25, 0.3) is 0 Å². The highest BCUT2D eigenvalue weighted by Gasteiger charge is 2.30. The van der Waals surface area contributed by atoms with E-state index in [4.69, 9.17) is 37.0 Å². The Kier molecular flexibility index (Phi) is 61.8. The Hall–Kier alpha value is -1.94. The normalized spacial score (nSPS) is 14.7. The maximum Gasteiger partial charge on any atom is 0.472 e. The van der Waals surface area contributed by atoms with Crippen molar-refractivity contribution in [3.63, 3.8) is 0 Å². The number of hydrogen-bond donors (Lipinski definition) is 3. The monoisotopic (exact) mass is 1320 g/mol. The van der Waals surface area contributed by atoms with Gasteiger partial charge in [0.1, 0.15) is 19.3 Å². The minimum absolute atomic E-state index is 0.106. The van der Waals surface area contributed by atoms with Crippen LogP contribution < -0.4 is 0 Å². The number of carbonyl (C=O) groups excluding carboxylic acids is 4. The van der Waals surface area contributed by atoms with E-state index in [2.05, 4.69) is 41.5 Å². The number of aliphatic hydroxyl groups is 1. The van der Waals surface area contributed by atoms with E-state index in [-0.39, 0.29) is 25.7 Å². The highest BCUT2D eigenvalue weighted by molar-refractivity contribution is 7.47. The summed E-state index contributed by atoms with van der Waals surface area (Å²) >= 11 is 0. The third kappa shape index (κ3) is 62.2. The minimum atomic E-state index is -4.95. The van der Waals surface area contributed by atoms with E-state index in [1.807, 2.05) is 0 Å². The van der Waals surface area contributed by atoms with Crippen LogP contribution in [0.5, 0.6) is 0 Å². The zero-order valence-corrected chi connectivity index (χ0v) is 60.2. The second kappa shape index (κ2) is 63.1. The molecule has 0 aliphatic heterocycles. The van der Waals surface area contributed by atoms with Crippen LogP contribution in [0.15, 0.2) is 0 Å². The van der Waals surface area contributed by atoms with Gasteiger partial charge in [0.05, 0.1) is 26.4 Å². The fraction of sp³-hybridized carbons (Fsp3) is 0.944. The second-order valence-corrected chi connectivity index (χ2v) is 29.0. The molecule has 19 heteroatoms. The standard InChI is InChI=1S/C71H138O17P2/c1-7-11-13-15-17-19-28-35-41-47-53-68(73)81-59-66(87-70(75)55-49-43-37-29-20-18-16-14-12-8-2)61-85-89(77,78)83-57-65(72)58-84-90(79,80)86-62-67(60-82-69(74)54-48-42-36-32-31-34-40-46-52-64(6)10-4)88-71(76)56-50-44-38-30-26-24-22-21-23-25-27-33-39-45-51-63(5)9-3/h63-67,72H,7-62H2,1-6H3,(H,77,78)(H,79,80)/t63?,64?,65-,66+,67+/m0/s1. The number of unbranched alkanes of at least 4 members (excludes halogenated alkanes) is 38. The average molecular weight is 1330 g/mol. The topological polar surface area (TPSA) is 237 Å². The first-order valence-corrected chi connectivity index (χ1v) is 40.1. The molecule has 0 spiro atoms. The van der Waals surface area contributed by atoms with Gasteiger partial charge in [-0.05, 0) is 37.5 Å².